The van der Waals surface area contributed by atoms with E-state index in [1.165, 1.54) is 7.11 Å². The molecule has 7 heteroatoms. The van der Waals surface area contributed by atoms with E-state index < -0.39 is 0 Å². The van der Waals surface area contributed by atoms with Gasteiger partial charge in [0.15, 0.2) is 11.5 Å². The van der Waals surface area contributed by atoms with E-state index in [0.29, 0.717) is 24.3 Å². The summed E-state index contributed by atoms with van der Waals surface area (Å²) in [5, 5.41) is 14.5. The second kappa shape index (κ2) is 10.4. The van der Waals surface area contributed by atoms with Crippen LogP contribution < -0.4 is 14.8 Å². The van der Waals surface area contributed by atoms with Crippen molar-refractivity contribution in [3.63, 3.8) is 0 Å². The van der Waals surface area contributed by atoms with Gasteiger partial charge in [-0.2, -0.15) is 0 Å². The maximum atomic E-state index is 11.8. The lowest BCUT2D eigenvalue weighted by atomic mass is 9.93. The number of hydrogen-bond donors (Lipinski definition) is 2. The molecular formula is C27H28N2O5. The second-order valence-corrected chi connectivity index (χ2v) is 7.87. The highest BCUT2D eigenvalue weighted by Crippen LogP contribution is 2.39. The summed E-state index contributed by atoms with van der Waals surface area (Å²) in [5.74, 6) is 0.925. The van der Waals surface area contributed by atoms with Crippen LogP contribution in [0.4, 0.5) is 0 Å². The number of rotatable bonds is 7. The first-order valence-corrected chi connectivity index (χ1v) is 11.1. The van der Waals surface area contributed by atoms with Gasteiger partial charge < -0.3 is 19.3 Å². The Kier molecular flexibility index (Phi) is 7.13. The number of methoxy groups -OCH3 is 2. The average Bonchev–Trinajstić information content (AvgIpc) is 2.89. The topological polar surface area (TPSA) is 89.4 Å². The summed E-state index contributed by atoms with van der Waals surface area (Å²) in [6.45, 7) is 2.34. The van der Waals surface area contributed by atoms with Crippen molar-refractivity contribution in [2.75, 3.05) is 20.8 Å². The van der Waals surface area contributed by atoms with Crippen LogP contribution in [-0.2, 0) is 4.74 Å². The van der Waals surface area contributed by atoms with Gasteiger partial charge in [-0.05, 0) is 48.4 Å². The molecule has 34 heavy (non-hydrogen) atoms. The monoisotopic (exact) mass is 460 g/mol. The Balaban J connectivity index is 1.74. The predicted molar refractivity (Wildman–Crippen MR) is 130 cm³/mol. The summed E-state index contributed by atoms with van der Waals surface area (Å²) in [5.41, 5.74) is 3.92. The van der Waals surface area contributed by atoms with Crippen molar-refractivity contribution in [2.24, 2.45) is 4.99 Å². The molecule has 0 fully saturated rings. The first-order chi connectivity index (χ1) is 16.5. The minimum absolute atomic E-state index is 0.119. The van der Waals surface area contributed by atoms with E-state index >= 15 is 0 Å². The van der Waals surface area contributed by atoms with Crippen molar-refractivity contribution in [1.29, 1.82) is 0 Å². The highest BCUT2D eigenvalue weighted by molar-refractivity contribution is 6.02. The number of phenolic OH excluding ortho intramolecular Hbond substituents is 1. The van der Waals surface area contributed by atoms with Crippen LogP contribution in [0.25, 0.3) is 0 Å². The molecule has 1 aliphatic heterocycles. The van der Waals surface area contributed by atoms with Gasteiger partial charge in [0.2, 0.25) is 0 Å². The fraction of sp³-hybridized carbons (Fsp3) is 0.259. The van der Waals surface area contributed by atoms with Crippen molar-refractivity contribution < 1.29 is 24.1 Å². The third-order valence-corrected chi connectivity index (χ3v) is 5.80. The third kappa shape index (κ3) is 4.89. The van der Waals surface area contributed by atoms with Gasteiger partial charge >= 0.3 is 5.97 Å². The Morgan fingerprint density at radius 2 is 1.85 bits per heavy atom. The maximum absolute atomic E-state index is 11.8. The molecule has 3 aromatic rings. The van der Waals surface area contributed by atoms with Crippen LogP contribution in [0, 0.1) is 0 Å². The normalized spacial score (nSPS) is 17.6. The molecule has 0 bridgehead atoms. The summed E-state index contributed by atoms with van der Waals surface area (Å²) in [7, 11) is 2.99. The second-order valence-electron chi connectivity index (χ2n) is 7.87. The number of hydrogen-bond acceptors (Lipinski definition) is 7. The molecule has 0 radical (unpaired) electrons. The van der Waals surface area contributed by atoms with Gasteiger partial charge in [-0.1, -0.05) is 36.4 Å². The fourth-order valence-electron chi connectivity index (χ4n) is 4.07. The smallest absolute Gasteiger partial charge is 0.337 e. The highest BCUT2D eigenvalue weighted by atomic mass is 16.5. The van der Waals surface area contributed by atoms with Crippen molar-refractivity contribution in [2.45, 2.75) is 25.6 Å². The average molecular weight is 461 g/mol. The standard InChI is InChI=1S/C27H28N2O5/c1-4-34-24-10-6-9-21(25(24)30)23-16-22(19-7-5-8-20(15-19)32-2)28-26(29-23)17-11-13-18(14-12-17)27(31)33-3/h5-15,23,26,29-30H,4,16H2,1-3H3/t23-,26-/m0/s1. The number of nitrogens with zero attached hydrogens (tertiary/aromatic N) is 1. The number of phenols is 1. The number of carbonyl (C=O) groups excluding carboxylic acids is 1. The van der Waals surface area contributed by atoms with E-state index in [1.54, 1.807) is 25.3 Å². The molecule has 0 aliphatic carbocycles. The zero-order chi connectivity index (χ0) is 24.1. The van der Waals surface area contributed by atoms with E-state index in [2.05, 4.69) is 5.32 Å². The van der Waals surface area contributed by atoms with Gasteiger partial charge in [0, 0.05) is 23.7 Å². The quantitative estimate of drug-likeness (QED) is 0.492. The molecule has 0 unspecified atom stereocenters. The lowest BCUT2D eigenvalue weighted by Crippen LogP contribution is -2.33. The maximum Gasteiger partial charge on any atom is 0.337 e. The molecule has 0 aromatic heterocycles. The highest BCUT2D eigenvalue weighted by Gasteiger charge is 2.29. The number of ether oxygens (including phenoxy) is 3. The zero-order valence-corrected chi connectivity index (χ0v) is 19.4. The molecule has 4 rings (SSSR count). The molecule has 0 saturated carbocycles. The number of carbonyl (C=O) groups is 1. The summed E-state index contributed by atoms with van der Waals surface area (Å²) >= 11 is 0. The molecule has 7 nitrogen and oxygen atoms in total. The Hall–Kier alpha value is -3.84. The van der Waals surface area contributed by atoms with E-state index in [4.69, 9.17) is 19.2 Å². The minimum Gasteiger partial charge on any atom is -0.504 e. The molecular weight excluding hydrogens is 432 g/mol. The lowest BCUT2D eigenvalue weighted by molar-refractivity contribution is 0.0600. The van der Waals surface area contributed by atoms with Crippen molar-refractivity contribution >= 4 is 11.7 Å². The number of para-hydroxylation sites is 1. The first kappa shape index (κ1) is 23.3. The van der Waals surface area contributed by atoms with Gasteiger partial charge in [0.1, 0.15) is 11.9 Å². The Morgan fingerprint density at radius 3 is 2.56 bits per heavy atom. The molecule has 0 spiro atoms. The van der Waals surface area contributed by atoms with E-state index in [-0.39, 0.29) is 23.9 Å². The lowest BCUT2D eigenvalue weighted by Gasteiger charge is -2.31. The predicted octanol–water partition coefficient (Wildman–Crippen LogP) is 4.81. The zero-order valence-electron chi connectivity index (χ0n) is 19.4. The molecule has 1 aliphatic rings. The number of esters is 1. The van der Waals surface area contributed by atoms with Crippen LogP contribution >= 0.6 is 0 Å². The summed E-state index contributed by atoms with van der Waals surface area (Å²) in [6.07, 6.45) is 0.175. The SMILES string of the molecule is CCOc1cccc([C@@H]2CC(c3cccc(OC)c3)=N[C@H](c3ccc(C(=O)OC)cc3)N2)c1O. The number of nitrogens with one attached hydrogen (secondary N) is 1. The molecule has 0 saturated heterocycles. The van der Waals surface area contributed by atoms with Gasteiger partial charge in [-0.25, -0.2) is 4.79 Å². The van der Waals surface area contributed by atoms with Crippen LogP contribution in [0.5, 0.6) is 17.2 Å². The van der Waals surface area contributed by atoms with Crippen LogP contribution in [-0.4, -0.2) is 37.6 Å². The number of benzene rings is 3. The van der Waals surface area contributed by atoms with E-state index in [0.717, 1.165) is 28.2 Å². The molecule has 3 aromatic carbocycles. The number of aliphatic imine (C=N–C) groups is 1. The summed E-state index contributed by atoms with van der Waals surface area (Å²) < 4.78 is 15.8. The van der Waals surface area contributed by atoms with E-state index in [9.17, 15) is 9.90 Å². The summed E-state index contributed by atoms with van der Waals surface area (Å²) in [6, 6.07) is 20.2. The minimum atomic E-state index is -0.390. The Labute approximate surface area is 199 Å². The van der Waals surface area contributed by atoms with Gasteiger partial charge in [-0.3, -0.25) is 10.3 Å². The van der Waals surface area contributed by atoms with Crippen molar-refractivity contribution in [3.05, 3.63) is 89.0 Å². The van der Waals surface area contributed by atoms with E-state index in [1.807, 2.05) is 55.5 Å². The van der Waals surface area contributed by atoms with Crippen molar-refractivity contribution in [3.8, 4) is 17.2 Å². The van der Waals surface area contributed by atoms with Gasteiger partial charge in [-0.15, -0.1) is 0 Å². The molecule has 2 N–H and O–H groups in total. The summed E-state index contributed by atoms with van der Waals surface area (Å²) in [4.78, 5) is 16.8. The van der Waals surface area contributed by atoms with Crippen molar-refractivity contribution in [1.82, 2.24) is 5.32 Å². The molecule has 2 atom stereocenters. The fourth-order valence-corrected chi connectivity index (χ4v) is 4.07. The van der Waals surface area contributed by atoms with Gasteiger partial charge in [0.25, 0.3) is 0 Å². The first-order valence-electron chi connectivity index (χ1n) is 11.1. The van der Waals surface area contributed by atoms with Crippen LogP contribution in [0.2, 0.25) is 0 Å². The molecule has 1 heterocycles. The molecule has 0 amide bonds. The van der Waals surface area contributed by atoms with Crippen LogP contribution in [0.15, 0.2) is 71.7 Å². The van der Waals surface area contributed by atoms with Gasteiger partial charge in [0.05, 0.1) is 26.4 Å². The largest absolute Gasteiger partial charge is 0.504 e. The molecule has 176 valence electrons. The Morgan fingerprint density at radius 1 is 1.09 bits per heavy atom. The Bertz CT molecular complexity index is 1190. The van der Waals surface area contributed by atoms with Crippen LogP contribution in [0.3, 0.4) is 0 Å². The number of aromatic hydroxyl groups is 1. The third-order valence-electron chi connectivity index (χ3n) is 5.80. The van der Waals surface area contributed by atoms with Crippen LogP contribution in [0.1, 0.15) is 52.6 Å².